The van der Waals surface area contributed by atoms with Crippen LogP contribution in [0.15, 0.2) is 30.5 Å². The van der Waals surface area contributed by atoms with E-state index >= 15 is 0 Å². The highest BCUT2D eigenvalue weighted by molar-refractivity contribution is 6.06. The largest absolute Gasteiger partial charge is 0.380 e. The number of fused-ring (bicyclic) bond motifs is 1. The molecule has 1 atom stereocenters. The van der Waals surface area contributed by atoms with E-state index in [1.807, 2.05) is 24.3 Å². The number of hydrogen-bond acceptors (Lipinski definition) is 4. The van der Waals surface area contributed by atoms with Crippen molar-refractivity contribution in [2.75, 3.05) is 11.9 Å². The maximum absolute atomic E-state index is 11.6. The van der Waals surface area contributed by atoms with Crippen molar-refractivity contribution in [3.05, 3.63) is 36.0 Å². The van der Waals surface area contributed by atoms with Crippen LogP contribution in [-0.2, 0) is 0 Å². The Morgan fingerprint density at radius 1 is 1.40 bits per heavy atom. The number of carbonyl (C=O) groups excluding carboxylic acids is 1. The van der Waals surface area contributed by atoms with Crippen molar-refractivity contribution in [1.82, 2.24) is 4.98 Å². The Labute approximate surface area is 118 Å². The molecule has 20 heavy (non-hydrogen) atoms. The van der Waals surface area contributed by atoms with Crippen LogP contribution in [0.4, 0.5) is 5.69 Å². The molecule has 5 N–H and O–H groups in total. The lowest BCUT2D eigenvalue weighted by atomic mass is 10.1. The van der Waals surface area contributed by atoms with Gasteiger partial charge in [0.05, 0.1) is 16.8 Å². The van der Waals surface area contributed by atoms with Crippen LogP contribution in [0.5, 0.6) is 0 Å². The fraction of sp³-hybridized carbons (Fsp3) is 0.333. The fourth-order valence-corrected chi connectivity index (χ4v) is 2.29. The minimum absolute atomic E-state index is 0.115. The number of amides is 1. The molecule has 0 aliphatic rings. The lowest BCUT2D eigenvalue weighted by Gasteiger charge is -2.20. The highest BCUT2D eigenvalue weighted by Gasteiger charge is 2.15. The van der Waals surface area contributed by atoms with Gasteiger partial charge in [0.15, 0.2) is 0 Å². The molecule has 0 bridgehead atoms. The average molecular weight is 272 g/mol. The van der Waals surface area contributed by atoms with Crippen molar-refractivity contribution < 1.29 is 4.79 Å². The van der Waals surface area contributed by atoms with Crippen LogP contribution in [0.3, 0.4) is 0 Å². The first-order valence-corrected chi connectivity index (χ1v) is 6.81. The van der Waals surface area contributed by atoms with Gasteiger partial charge in [0.2, 0.25) is 0 Å². The second-order valence-corrected chi connectivity index (χ2v) is 4.79. The van der Waals surface area contributed by atoms with Crippen molar-refractivity contribution in [2.45, 2.75) is 25.8 Å². The van der Waals surface area contributed by atoms with Crippen molar-refractivity contribution >= 4 is 22.5 Å². The number of carbonyl (C=O) groups is 1. The van der Waals surface area contributed by atoms with Crippen LogP contribution in [-0.4, -0.2) is 23.5 Å². The van der Waals surface area contributed by atoms with Gasteiger partial charge in [-0.2, -0.15) is 0 Å². The first kappa shape index (κ1) is 14.3. The number of nitrogens with two attached hydrogens (primary N) is 2. The smallest absolute Gasteiger partial charge is 0.252 e. The first-order chi connectivity index (χ1) is 9.67. The zero-order chi connectivity index (χ0) is 14.5. The molecule has 1 unspecified atom stereocenters. The van der Waals surface area contributed by atoms with Gasteiger partial charge in [-0.05, 0) is 12.5 Å². The molecule has 0 saturated heterocycles. The number of para-hydroxylation sites is 1. The van der Waals surface area contributed by atoms with Crippen LogP contribution in [0, 0.1) is 0 Å². The van der Waals surface area contributed by atoms with E-state index < -0.39 is 5.91 Å². The Balaban J connectivity index is 2.51. The number of primary amides is 1. The molecule has 0 aliphatic heterocycles. The monoisotopic (exact) mass is 272 g/mol. The number of benzene rings is 1. The van der Waals surface area contributed by atoms with Gasteiger partial charge < -0.3 is 16.8 Å². The summed E-state index contributed by atoms with van der Waals surface area (Å²) in [6, 6.07) is 7.77. The van der Waals surface area contributed by atoms with Gasteiger partial charge in [0, 0.05) is 24.2 Å². The fourth-order valence-electron chi connectivity index (χ4n) is 2.29. The molecule has 5 nitrogen and oxygen atoms in total. The molecule has 1 aromatic heterocycles. The highest BCUT2D eigenvalue weighted by atomic mass is 16.1. The standard InChI is InChI=1S/C15H20N4O/c1-2-5-10(8-16)19-14-11-6-3-4-7-13(11)18-9-12(14)15(17)20/h3-4,6-7,9-10H,2,5,8,16H2,1H3,(H2,17,20)(H,18,19). The molecular formula is C15H20N4O. The number of rotatable bonds is 6. The molecule has 2 rings (SSSR count). The normalized spacial score (nSPS) is 12.3. The third kappa shape index (κ3) is 2.88. The van der Waals surface area contributed by atoms with Crippen molar-refractivity contribution in [2.24, 2.45) is 11.5 Å². The summed E-state index contributed by atoms with van der Waals surface area (Å²) in [6.45, 7) is 2.60. The van der Waals surface area contributed by atoms with E-state index in [0.717, 1.165) is 29.4 Å². The van der Waals surface area contributed by atoms with Crippen LogP contribution < -0.4 is 16.8 Å². The van der Waals surface area contributed by atoms with E-state index in [1.54, 1.807) is 0 Å². The molecular weight excluding hydrogens is 252 g/mol. The number of anilines is 1. The molecule has 5 heteroatoms. The molecule has 0 fully saturated rings. The maximum atomic E-state index is 11.6. The van der Waals surface area contributed by atoms with Crippen LogP contribution in [0.25, 0.3) is 10.9 Å². The second-order valence-electron chi connectivity index (χ2n) is 4.79. The third-order valence-corrected chi connectivity index (χ3v) is 3.31. The minimum Gasteiger partial charge on any atom is -0.380 e. The van der Waals surface area contributed by atoms with Crippen molar-refractivity contribution in [3.8, 4) is 0 Å². The summed E-state index contributed by atoms with van der Waals surface area (Å²) < 4.78 is 0. The van der Waals surface area contributed by atoms with E-state index in [0.29, 0.717) is 12.1 Å². The third-order valence-electron chi connectivity index (χ3n) is 3.31. The molecule has 0 radical (unpaired) electrons. The van der Waals surface area contributed by atoms with E-state index in [1.165, 1.54) is 6.20 Å². The molecule has 1 amide bonds. The SMILES string of the molecule is CCCC(CN)Nc1c(C(N)=O)cnc2ccccc12. The summed E-state index contributed by atoms with van der Waals surface area (Å²) in [4.78, 5) is 15.9. The van der Waals surface area contributed by atoms with Gasteiger partial charge in [0.1, 0.15) is 0 Å². The predicted molar refractivity (Wildman–Crippen MR) is 81.6 cm³/mol. The topological polar surface area (TPSA) is 94.0 Å². The Hall–Kier alpha value is -2.14. The summed E-state index contributed by atoms with van der Waals surface area (Å²) >= 11 is 0. The maximum Gasteiger partial charge on any atom is 0.252 e. The first-order valence-electron chi connectivity index (χ1n) is 6.81. The average Bonchev–Trinajstić information content (AvgIpc) is 2.46. The Morgan fingerprint density at radius 3 is 2.80 bits per heavy atom. The lowest BCUT2D eigenvalue weighted by Crippen LogP contribution is -2.30. The van der Waals surface area contributed by atoms with Crippen LogP contribution in [0.2, 0.25) is 0 Å². The zero-order valence-corrected chi connectivity index (χ0v) is 11.6. The minimum atomic E-state index is -0.488. The summed E-state index contributed by atoms with van der Waals surface area (Å²) in [7, 11) is 0. The number of nitrogens with zero attached hydrogens (tertiary/aromatic N) is 1. The Morgan fingerprint density at radius 2 is 2.15 bits per heavy atom. The van der Waals surface area contributed by atoms with Gasteiger partial charge in [-0.3, -0.25) is 9.78 Å². The predicted octanol–water partition coefficient (Wildman–Crippen LogP) is 1.87. The van der Waals surface area contributed by atoms with Crippen LogP contribution >= 0.6 is 0 Å². The summed E-state index contributed by atoms with van der Waals surface area (Å²) in [6.07, 6.45) is 3.47. The lowest BCUT2D eigenvalue weighted by molar-refractivity contribution is 0.100. The highest BCUT2D eigenvalue weighted by Crippen LogP contribution is 2.26. The number of pyridine rings is 1. The molecule has 0 saturated carbocycles. The van der Waals surface area contributed by atoms with Gasteiger partial charge in [-0.25, -0.2) is 0 Å². The molecule has 1 aromatic carbocycles. The van der Waals surface area contributed by atoms with E-state index in [4.69, 9.17) is 11.5 Å². The van der Waals surface area contributed by atoms with Gasteiger partial charge in [-0.1, -0.05) is 31.5 Å². The van der Waals surface area contributed by atoms with E-state index in [-0.39, 0.29) is 6.04 Å². The van der Waals surface area contributed by atoms with Gasteiger partial charge in [-0.15, -0.1) is 0 Å². The van der Waals surface area contributed by atoms with Crippen LogP contribution in [0.1, 0.15) is 30.1 Å². The number of hydrogen-bond donors (Lipinski definition) is 3. The molecule has 0 spiro atoms. The Bertz CT molecular complexity index is 612. The second kappa shape index (κ2) is 6.34. The summed E-state index contributed by atoms with van der Waals surface area (Å²) in [5.41, 5.74) is 13.2. The van der Waals surface area contributed by atoms with E-state index in [2.05, 4.69) is 17.2 Å². The molecule has 106 valence electrons. The number of aromatic nitrogens is 1. The summed E-state index contributed by atoms with van der Waals surface area (Å²) in [5.74, 6) is -0.488. The van der Waals surface area contributed by atoms with Gasteiger partial charge >= 0.3 is 0 Å². The van der Waals surface area contributed by atoms with Crippen molar-refractivity contribution in [3.63, 3.8) is 0 Å². The number of nitrogens with one attached hydrogen (secondary N) is 1. The zero-order valence-electron chi connectivity index (χ0n) is 11.6. The molecule has 2 aromatic rings. The Kier molecular flexibility index (Phi) is 4.53. The molecule has 1 heterocycles. The quantitative estimate of drug-likeness (QED) is 0.748. The summed E-state index contributed by atoms with van der Waals surface area (Å²) in [5, 5.41) is 4.24. The van der Waals surface area contributed by atoms with E-state index in [9.17, 15) is 4.79 Å². The molecule has 0 aliphatic carbocycles. The van der Waals surface area contributed by atoms with Gasteiger partial charge in [0.25, 0.3) is 5.91 Å². The van der Waals surface area contributed by atoms with Crippen molar-refractivity contribution in [1.29, 1.82) is 0 Å².